The lowest BCUT2D eigenvalue weighted by atomic mass is 9.86. The molecule has 1 aliphatic rings. The van der Waals surface area contributed by atoms with Crippen LogP contribution in [0.1, 0.15) is 32.8 Å². The van der Waals surface area contributed by atoms with Crippen LogP contribution in [-0.2, 0) is 4.79 Å². The minimum Gasteiger partial charge on any atom is -0.395 e. The largest absolute Gasteiger partial charge is 0.395 e. The van der Waals surface area contributed by atoms with Gasteiger partial charge in [-0.05, 0) is 18.0 Å². The number of aliphatic hydroxyl groups excluding tert-OH is 1. The molecule has 0 fully saturated rings. The molecule has 126 valence electrons. The second-order valence-corrected chi connectivity index (χ2v) is 7.16. The highest BCUT2D eigenvalue weighted by Gasteiger charge is 2.30. The van der Waals surface area contributed by atoms with Gasteiger partial charge < -0.3 is 5.11 Å². The minimum absolute atomic E-state index is 0.0267. The van der Waals surface area contributed by atoms with Crippen LogP contribution in [0.3, 0.4) is 0 Å². The van der Waals surface area contributed by atoms with E-state index in [1.807, 2.05) is 42.3 Å². The number of hydrazone groups is 1. The number of carbonyl (C=O) groups is 1. The monoisotopic (exact) mass is 317 g/mol. The number of benzene rings is 1. The fourth-order valence-electron chi connectivity index (χ4n) is 2.95. The van der Waals surface area contributed by atoms with Crippen molar-refractivity contribution in [1.82, 2.24) is 9.91 Å². The predicted molar refractivity (Wildman–Crippen MR) is 92.3 cm³/mol. The van der Waals surface area contributed by atoms with Crippen molar-refractivity contribution in [3.63, 3.8) is 0 Å². The van der Waals surface area contributed by atoms with Gasteiger partial charge in [-0.1, -0.05) is 51.1 Å². The number of likely N-dealkylation sites (N-methyl/N-ethyl adjacent to an activating group) is 1. The number of nitrogens with zero attached hydrogens (tertiary/aromatic N) is 3. The molecule has 0 spiro atoms. The van der Waals surface area contributed by atoms with E-state index in [2.05, 4.69) is 25.9 Å². The Bertz CT molecular complexity index is 563. The fraction of sp³-hybridized carbons (Fsp3) is 0.556. The summed E-state index contributed by atoms with van der Waals surface area (Å²) in [6.07, 6.45) is 0.780. The number of hydrogen-bond donors (Lipinski definition) is 1. The average molecular weight is 317 g/mol. The second-order valence-electron chi connectivity index (χ2n) is 7.16. The molecule has 0 saturated heterocycles. The number of aliphatic hydroxyl groups is 1. The lowest BCUT2D eigenvalue weighted by molar-refractivity contribution is -0.132. The Balaban J connectivity index is 2.00. The molecular formula is C18H27N3O2. The van der Waals surface area contributed by atoms with Crippen LogP contribution < -0.4 is 0 Å². The van der Waals surface area contributed by atoms with E-state index in [1.165, 1.54) is 0 Å². The van der Waals surface area contributed by atoms with Crippen LogP contribution in [-0.4, -0.2) is 59.4 Å². The zero-order valence-corrected chi connectivity index (χ0v) is 14.5. The highest BCUT2D eigenvalue weighted by atomic mass is 16.3. The van der Waals surface area contributed by atoms with Crippen LogP contribution in [0.15, 0.2) is 35.4 Å². The van der Waals surface area contributed by atoms with E-state index in [4.69, 9.17) is 0 Å². The Morgan fingerprint density at radius 1 is 1.35 bits per heavy atom. The number of carbonyl (C=O) groups excluding carboxylic acids is 1. The van der Waals surface area contributed by atoms with E-state index < -0.39 is 0 Å². The number of amides is 1. The van der Waals surface area contributed by atoms with E-state index in [9.17, 15) is 9.90 Å². The zero-order chi connectivity index (χ0) is 17.0. The first-order chi connectivity index (χ1) is 10.8. The normalized spacial score (nSPS) is 16.6. The first kappa shape index (κ1) is 17.6. The fourth-order valence-corrected chi connectivity index (χ4v) is 2.95. The third-order valence-electron chi connectivity index (χ3n) is 4.29. The molecule has 0 radical (unpaired) electrons. The summed E-state index contributed by atoms with van der Waals surface area (Å²) in [5.41, 5.74) is 1.93. The van der Waals surface area contributed by atoms with Crippen molar-refractivity contribution < 1.29 is 9.90 Å². The summed E-state index contributed by atoms with van der Waals surface area (Å²) in [5, 5.41) is 15.6. The van der Waals surface area contributed by atoms with Crippen molar-refractivity contribution in [1.29, 1.82) is 0 Å². The molecule has 1 aromatic rings. The van der Waals surface area contributed by atoms with Gasteiger partial charge in [0.1, 0.15) is 0 Å². The highest BCUT2D eigenvalue weighted by molar-refractivity contribution is 6.02. The molecule has 1 aromatic carbocycles. The molecule has 5 heteroatoms. The predicted octanol–water partition coefficient (Wildman–Crippen LogP) is 1.96. The molecule has 0 aliphatic carbocycles. The van der Waals surface area contributed by atoms with Crippen molar-refractivity contribution >= 4 is 11.6 Å². The average Bonchev–Trinajstić information content (AvgIpc) is 2.97. The SMILES string of the molecule is CN(CC(=O)N1CCC(c2ccccc2)=N1)[C@@H](CO)C(C)(C)C. The van der Waals surface area contributed by atoms with Gasteiger partial charge in [0.05, 0.1) is 25.4 Å². The Hall–Kier alpha value is -1.72. The van der Waals surface area contributed by atoms with Gasteiger partial charge in [-0.3, -0.25) is 9.69 Å². The molecule has 0 aromatic heterocycles. The summed E-state index contributed by atoms with van der Waals surface area (Å²) in [6.45, 7) is 7.11. The topological polar surface area (TPSA) is 56.1 Å². The summed E-state index contributed by atoms with van der Waals surface area (Å²) in [7, 11) is 1.88. The molecule has 0 unspecified atom stereocenters. The summed E-state index contributed by atoms with van der Waals surface area (Å²) in [4.78, 5) is 14.4. The van der Waals surface area contributed by atoms with Gasteiger partial charge in [-0.15, -0.1) is 0 Å². The summed E-state index contributed by atoms with van der Waals surface area (Å²) < 4.78 is 0. The first-order valence-corrected chi connectivity index (χ1v) is 8.07. The molecule has 1 atom stereocenters. The summed E-state index contributed by atoms with van der Waals surface area (Å²) in [6, 6.07) is 9.89. The van der Waals surface area contributed by atoms with Gasteiger partial charge in [-0.2, -0.15) is 5.10 Å². The van der Waals surface area contributed by atoms with Crippen molar-refractivity contribution in [3.8, 4) is 0 Å². The van der Waals surface area contributed by atoms with Crippen LogP contribution in [0.4, 0.5) is 0 Å². The number of rotatable bonds is 5. The van der Waals surface area contributed by atoms with Crippen LogP contribution in [0, 0.1) is 5.41 Å². The van der Waals surface area contributed by atoms with E-state index in [0.29, 0.717) is 6.54 Å². The van der Waals surface area contributed by atoms with Gasteiger partial charge in [0.15, 0.2) is 0 Å². The highest BCUT2D eigenvalue weighted by Crippen LogP contribution is 2.23. The van der Waals surface area contributed by atoms with E-state index in [1.54, 1.807) is 5.01 Å². The summed E-state index contributed by atoms with van der Waals surface area (Å²) in [5.74, 6) is -0.0267. The lowest BCUT2D eigenvalue weighted by Crippen LogP contribution is -2.48. The smallest absolute Gasteiger partial charge is 0.256 e. The van der Waals surface area contributed by atoms with Gasteiger partial charge in [0.2, 0.25) is 0 Å². The molecule has 0 saturated carbocycles. The standard InChI is InChI=1S/C18H27N3O2/c1-18(2,3)16(13-22)20(4)12-17(23)21-11-10-15(19-21)14-8-6-5-7-9-14/h5-9,16,22H,10-13H2,1-4H3/t16-/m0/s1. The van der Waals surface area contributed by atoms with Crippen molar-refractivity contribution in [2.75, 3.05) is 26.7 Å². The van der Waals surface area contributed by atoms with Crippen molar-refractivity contribution in [2.45, 2.75) is 33.2 Å². The van der Waals surface area contributed by atoms with Crippen molar-refractivity contribution in [3.05, 3.63) is 35.9 Å². The maximum atomic E-state index is 12.5. The Morgan fingerprint density at radius 2 is 2.00 bits per heavy atom. The Morgan fingerprint density at radius 3 is 2.57 bits per heavy atom. The first-order valence-electron chi connectivity index (χ1n) is 8.07. The molecule has 1 N–H and O–H groups in total. The van der Waals surface area contributed by atoms with Crippen LogP contribution >= 0.6 is 0 Å². The van der Waals surface area contributed by atoms with Crippen molar-refractivity contribution in [2.24, 2.45) is 10.5 Å². The van der Waals surface area contributed by atoms with Gasteiger partial charge in [0.25, 0.3) is 5.91 Å². The van der Waals surface area contributed by atoms with E-state index in [-0.39, 0.29) is 30.5 Å². The molecule has 23 heavy (non-hydrogen) atoms. The van der Waals surface area contributed by atoms with Gasteiger partial charge in [-0.25, -0.2) is 5.01 Å². The molecule has 0 bridgehead atoms. The molecule has 1 heterocycles. The third kappa shape index (κ3) is 4.39. The van der Waals surface area contributed by atoms with E-state index in [0.717, 1.165) is 17.7 Å². The quantitative estimate of drug-likeness (QED) is 0.903. The molecule has 1 amide bonds. The maximum absolute atomic E-state index is 12.5. The van der Waals surface area contributed by atoms with Gasteiger partial charge in [0, 0.05) is 12.5 Å². The third-order valence-corrected chi connectivity index (χ3v) is 4.29. The maximum Gasteiger partial charge on any atom is 0.256 e. The Kier molecular flexibility index (Phi) is 5.55. The molecule has 2 rings (SSSR count). The van der Waals surface area contributed by atoms with E-state index >= 15 is 0 Å². The minimum atomic E-state index is -0.0900. The molecule has 5 nitrogen and oxygen atoms in total. The van der Waals surface area contributed by atoms with Crippen LogP contribution in [0.5, 0.6) is 0 Å². The summed E-state index contributed by atoms with van der Waals surface area (Å²) >= 11 is 0. The lowest BCUT2D eigenvalue weighted by Gasteiger charge is -2.36. The van der Waals surface area contributed by atoms with Crippen LogP contribution in [0.2, 0.25) is 0 Å². The van der Waals surface area contributed by atoms with Crippen LogP contribution in [0.25, 0.3) is 0 Å². The molecular weight excluding hydrogens is 290 g/mol. The van der Waals surface area contributed by atoms with Gasteiger partial charge >= 0.3 is 0 Å². The zero-order valence-electron chi connectivity index (χ0n) is 14.5. The second kappa shape index (κ2) is 7.23. The molecule has 1 aliphatic heterocycles. The Labute approximate surface area is 138 Å². The number of hydrogen-bond acceptors (Lipinski definition) is 4.